The van der Waals surface area contributed by atoms with Crippen molar-refractivity contribution in [2.45, 2.75) is 6.54 Å². The van der Waals surface area contributed by atoms with Crippen molar-refractivity contribution < 1.29 is 13.6 Å². The van der Waals surface area contributed by atoms with E-state index in [1.165, 1.54) is 18.2 Å². The summed E-state index contributed by atoms with van der Waals surface area (Å²) >= 11 is 0. The minimum Gasteiger partial charge on any atom is -0.305 e. The molecule has 0 amide bonds. The number of hydrogen-bond donors (Lipinski definition) is 0. The van der Waals surface area contributed by atoms with Gasteiger partial charge in [0, 0.05) is 23.7 Å². The van der Waals surface area contributed by atoms with Crippen molar-refractivity contribution >= 4 is 11.9 Å². The quantitative estimate of drug-likeness (QED) is 0.616. The minimum absolute atomic E-state index is 0.180. The van der Waals surface area contributed by atoms with Gasteiger partial charge < -0.3 is 4.90 Å². The number of ketones is 1. The molecule has 114 valence electrons. The summed E-state index contributed by atoms with van der Waals surface area (Å²) in [5.74, 6) is -1.54. The molecule has 0 saturated heterocycles. The summed E-state index contributed by atoms with van der Waals surface area (Å²) in [7, 11) is 3.84. The number of carbonyl (C=O) groups is 1. The van der Waals surface area contributed by atoms with Crippen LogP contribution in [0.3, 0.4) is 0 Å². The van der Waals surface area contributed by atoms with Crippen LogP contribution in [0.15, 0.2) is 48.5 Å². The predicted molar refractivity (Wildman–Crippen MR) is 83.6 cm³/mol. The number of carbonyl (C=O) groups excluding carboxylic acids is 1. The molecule has 4 heteroatoms. The molecule has 0 bridgehead atoms. The van der Waals surface area contributed by atoms with Gasteiger partial charge >= 0.3 is 0 Å². The van der Waals surface area contributed by atoms with Crippen molar-refractivity contribution in [2.75, 3.05) is 14.1 Å². The Morgan fingerprint density at radius 3 is 2.55 bits per heavy atom. The Labute approximate surface area is 128 Å². The van der Waals surface area contributed by atoms with Crippen LogP contribution in [0.25, 0.3) is 6.08 Å². The second-order valence-corrected chi connectivity index (χ2v) is 5.26. The predicted octanol–water partition coefficient (Wildman–Crippen LogP) is 3.92. The Morgan fingerprint density at radius 1 is 1.14 bits per heavy atom. The highest BCUT2D eigenvalue weighted by Gasteiger charge is 2.09. The van der Waals surface area contributed by atoms with E-state index >= 15 is 0 Å². The monoisotopic (exact) mass is 301 g/mol. The summed E-state index contributed by atoms with van der Waals surface area (Å²) < 4.78 is 26.4. The smallest absolute Gasteiger partial charge is 0.186 e. The topological polar surface area (TPSA) is 20.3 Å². The molecule has 0 aliphatic heterocycles. The van der Waals surface area contributed by atoms with Crippen molar-refractivity contribution in [1.82, 2.24) is 4.90 Å². The number of hydrogen-bond acceptors (Lipinski definition) is 2. The van der Waals surface area contributed by atoms with E-state index in [2.05, 4.69) is 0 Å². The third-order valence-electron chi connectivity index (χ3n) is 3.15. The van der Waals surface area contributed by atoms with E-state index in [1.807, 2.05) is 31.1 Å². The Balaban J connectivity index is 2.24. The maximum absolute atomic E-state index is 13.5. The van der Waals surface area contributed by atoms with Crippen LogP contribution in [0.4, 0.5) is 8.78 Å². The van der Waals surface area contributed by atoms with Crippen LogP contribution < -0.4 is 0 Å². The lowest BCUT2D eigenvalue weighted by Gasteiger charge is -2.12. The number of benzene rings is 2. The first kappa shape index (κ1) is 16.0. The number of rotatable bonds is 5. The van der Waals surface area contributed by atoms with E-state index in [9.17, 15) is 13.6 Å². The van der Waals surface area contributed by atoms with Gasteiger partial charge in [-0.2, -0.15) is 0 Å². The van der Waals surface area contributed by atoms with Crippen molar-refractivity contribution in [2.24, 2.45) is 0 Å². The summed E-state index contributed by atoms with van der Waals surface area (Å²) in [5, 5.41) is 0. The highest BCUT2D eigenvalue weighted by molar-refractivity contribution is 6.07. The molecule has 22 heavy (non-hydrogen) atoms. The largest absolute Gasteiger partial charge is 0.305 e. The Morgan fingerprint density at radius 2 is 1.86 bits per heavy atom. The van der Waals surface area contributed by atoms with Gasteiger partial charge in [-0.25, -0.2) is 8.78 Å². The van der Waals surface area contributed by atoms with Crippen LogP contribution in [-0.4, -0.2) is 24.8 Å². The van der Waals surface area contributed by atoms with Gasteiger partial charge in [0.05, 0.1) is 0 Å². The number of halogens is 2. The van der Waals surface area contributed by atoms with E-state index in [-0.39, 0.29) is 11.3 Å². The van der Waals surface area contributed by atoms with Crippen LogP contribution in [-0.2, 0) is 6.54 Å². The zero-order valence-electron chi connectivity index (χ0n) is 12.5. The van der Waals surface area contributed by atoms with Gasteiger partial charge in [-0.15, -0.1) is 0 Å². The summed E-state index contributed by atoms with van der Waals surface area (Å²) in [4.78, 5) is 14.3. The van der Waals surface area contributed by atoms with Gasteiger partial charge in [0.1, 0.15) is 11.6 Å². The van der Waals surface area contributed by atoms with Gasteiger partial charge in [-0.3, -0.25) is 4.79 Å². The highest BCUT2D eigenvalue weighted by Crippen LogP contribution is 2.15. The van der Waals surface area contributed by atoms with E-state index in [0.717, 1.165) is 17.7 Å². The Hall–Kier alpha value is -2.33. The standard InChI is InChI=1S/C18H17F2NO/c1-21(2)12-14-5-3-4-6-16(14)18(22)10-8-13-7-9-15(19)11-17(13)20/h3-11H,12H2,1-2H3. The van der Waals surface area contributed by atoms with Gasteiger partial charge in [0.25, 0.3) is 0 Å². The molecule has 0 spiro atoms. The van der Waals surface area contributed by atoms with E-state index in [4.69, 9.17) is 0 Å². The summed E-state index contributed by atoms with van der Waals surface area (Å²) in [6, 6.07) is 10.6. The molecule has 0 unspecified atom stereocenters. The molecule has 2 rings (SSSR count). The molecule has 0 aliphatic carbocycles. The summed E-state index contributed by atoms with van der Waals surface area (Å²) in [6.45, 7) is 0.640. The first-order valence-corrected chi connectivity index (χ1v) is 6.87. The fraction of sp³-hybridized carbons (Fsp3) is 0.167. The second-order valence-electron chi connectivity index (χ2n) is 5.26. The normalized spacial score (nSPS) is 11.3. The fourth-order valence-electron chi connectivity index (χ4n) is 2.13. The average Bonchev–Trinajstić information content (AvgIpc) is 2.46. The van der Waals surface area contributed by atoms with Gasteiger partial charge in [0.2, 0.25) is 0 Å². The van der Waals surface area contributed by atoms with Crippen LogP contribution in [0, 0.1) is 11.6 Å². The molecule has 0 saturated carbocycles. The molecule has 2 aromatic carbocycles. The van der Waals surface area contributed by atoms with Gasteiger partial charge in [0.15, 0.2) is 5.78 Å². The third-order valence-corrected chi connectivity index (χ3v) is 3.15. The molecule has 0 aliphatic rings. The first-order valence-electron chi connectivity index (χ1n) is 6.87. The van der Waals surface area contributed by atoms with Crippen molar-refractivity contribution in [3.05, 3.63) is 76.9 Å². The van der Waals surface area contributed by atoms with Gasteiger partial charge in [-0.05, 0) is 43.9 Å². The molecule has 2 nitrogen and oxygen atoms in total. The Bertz CT molecular complexity index is 708. The molecule has 0 aromatic heterocycles. The van der Waals surface area contributed by atoms with Crippen molar-refractivity contribution in [3.8, 4) is 0 Å². The summed E-state index contributed by atoms with van der Waals surface area (Å²) in [5.41, 5.74) is 1.66. The minimum atomic E-state index is -0.689. The fourth-order valence-corrected chi connectivity index (χ4v) is 2.13. The molecule has 0 radical (unpaired) electrons. The maximum Gasteiger partial charge on any atom is 0.186 e. The molecule has 0 atom stereocenters. The molecule has 2 aromatic rings. The molecular weight excluding hydrogens is 284 g/mol. The van der Waals surface area contributed by atoms with E-state index < -0.39 is 11.6 Å². The number of nitrogens with zero attached hydrogens (tertiary/aromatic N) is 1. The average molecular weight is 301 g/mol. The molecule has 0 N–H and O–H groups in total. The third kappa shape index (κ3) is 4.09. The molecular formula is C18H17F2NO. The Kier molecular flexibility index (Phi) is 5.17. The zero-order valence-corrected chi connectivity index (χ0v) is 12.5. The molecule has 0 heterocycles. The van der Waals surface area contributed by atoms with Gasteiger partial charge in [-0.1, -0.05) is 24.3 Å². The van der Waals surface area contributed by atoms with Crippen LogP contribution >= 0.6 is 0 Å². The van der Waals surface area contributed by atoms with E-state index in [1.54, 1.807) is 12.1 Å². The lowest BCUT2D eigenvalue weighted by atomic mass is 10.0. The van der Waals surface area contributed by atoms with Crippen LogP contribution in [0.5, 0.6) is 0 Å². The first-order chi connectivity index (χ1) is 10.5. The SMILES string of the molecule is CN(C)Cc1ccccc1C(=O)C=Cc1ccc(F)cc1F. The van der Waals surface area contributed by atoms with Crippen LogP contribution in [0.1, 0.15) is 21.5 Å². The van der Waals surface area contributed by atoms with E-state index in [0.29, 0.717) is 12.1 Å². The van der Waals surface area contributed by atoms with Crippen LogP contribution in [0.2, 0.25) is 0 Å². The summed E-state index contributed by atoms with van der Waals surface area (Å²) in [6.07, 6.45) is 2.67. The molecule has 0 fully saturated rings. The second kappa shape index (κ2) is 7.09. The van der Waals surface area contributed by atoms with Crippen molar-refractivity contribution in [3.63, 3.8) is 0 Å². The zero-order chi connectivity index (χ0) is 16.1. The van der Waals surface area contributed by atoms with Crippen molar-refractivity contribution in [1.29, 1.82) is 0 Å². The lowest BCUT2D eigenvalue weighted by molar-refractivity contribution is 0.104. The highest BCUT2D eigenvalue weighted by atomic mass is 19.1. The maximum atomic E-state index is 13.5. The number of allylic oxidation sites excluding steroid dienone is 1. The lowest BCUT2D eigenvalue weighted by Crippen LogP contribution is -2.13.